The van der Waals surface area contributed by atoms with Crippen LogP contribution in [-0.2, 0) is 19.4 Å². The first-order valence-electron chi connectivity index (χ1n) is 8.80. The van der Waals surface area contributed by atoms with Gasteiger partial charge >= 0.3 is 0 Å². The molecule has 10 heteroatoms. The zero-order chi connectivity index (χ0) is 21.0. The molecule has 2 N–H and O–H groups in total. The molecule has 0 aliphatic carbocycles. The Labute approximate surface area is 173 Å². The van der Waals surface area contributed by atoms with Crippen LogP contribution in [0.2, 0.25) is 5.02 Å². The summed E-state index contributed by atoms with van der Waals surface area (Å²) in [6.07, 6.45) is -0.249. The third-order valence-corrected chi connectivity index (χ3v) is 6.22. The number of carbonyl (C=O) groups is 2. The molecule has 0 saturated carbocycles. The highest BCUT2D eigenvalue weighted by atomic mass is 35.5. The number of halogens is 1. The Balaban J connectivity index is 1.65. The second-order valence-corrected chi connectivity index (χ2v) is 8.67. The molecule has 0 spiro atoms. The van der Waals surface area contributed by atoms with Gasteiger partial charge in [-0.05, 0) is 37.3 Å². The van der Waals surface area contributed by atoms with Crippen LogP contribution in [0.1, 0.15) is 13.3 Å². The third kappa shape index (κ3) is 5.18. The van der Waals surface area contributed by atoms with Crippen LogP contribution in [0.4, 0.5) is 11.4 Å². The molecular formula is C19H19ClN2O6S. The lowest BCUT2D eigenvalue weighted by atomic mass is 10.2. The van der Waals surface area contributed by atoms with Gasteiger partial charge in [0.2, 0.25) is 5.91 Å². The number of nitrogens with one attached hydrogen (secondary N) is 2. The van der Waals surface area contributed by atoms with Crippen molar-refractivity contribution in [3.63, 3.8) is 0 Å². The number of benzene rings is 2. The Morgan fingerprint density at radius 3 is 2.69 bits per heavy atom. The highest BCUT2D eigenvalue weighted by Crippen LogP contribution is 2.36. The fourth-order valence-electron chi connectivity index (χ4n) is 2.68. The minimum Gasteiger partial charge on any atom is -0.494 e. The van der Waals surface area contributed by atoms with Gasteiger partial charge in [0.05, 0.1) is 28.0 Å². The topological polar surface area (TPSA) is 111 Å². The van der Waals surface area contributed by atoms with E-state index in [1.165, 1.54) is 12.1 Å². The molecule has 2 aromatic rings. The van der Waals surface area contributed by atoms with E-state index in [1.54, 1.807) is 24.3 Å². The maximum absolute atomic E-state index is 12.7. The second kappa shape index (κ2) is 8.71. The van der Waals surface area contributed by atoms with Gasteiger partial charge in [-0.3, -0.25) is 9.59 Å². The maximum atomic E-state index is 12.7. The van der Waals surface area contributed by atoms with E-state index in [0.29, 0.717) is 23.7 Å². The summed E-state index contributed by atoms with van der Waals surface area (Å²) in [6.45, 7) is 2.19. The number of carbonyl (C=O) groups excluding carboxylic acids is 2. The summed E-state index contributed by atoms with van der Waals surface area (Å²) >= 11 is 6.08. The number of anilines is 2. The zero-order valence-corrected chi connectivity index (χ0v) is 17.1. The van der Waals surface area contributed by atoms with Crippen LogP contribution in [0.25, 0.3) is 0 Å². The van der Waals surface area contributed by atoms with Crippen LogP contribution in [0.3, 0.4) is 0 Å². The van der Waals surface area contributed by atoms with Gasteiger partial charge in [0, 0.05) is 18.2 Å². The lowest BCUT2D eigenvalue weighted by Gasteiger charge is -2.19. The lowest BCUT2D eigenvalue weighted by molar-refractivity contribution is -0.118. The van der Waals surface area contributed by atoms with Crippen molar-refractivity contribution in [1.82, 2.24) is 0 Å². The highest BCUT2D eigenvalue weighted by molar-refractivity contribution is 7.91. The van der Waals surface area contributed by atoms with E-state index >= 15 is 0 Å². The van der Waals surface area contributed by atoms with Crippen molar-refractivity contribution in [2.45, 2.75) is 18.2 Å². The summed E-state index contributed by atoms with van der Waals surface area (Å²) in [4.78, 5) is 23.3. The molecule has 1 heterocycles. The van der Waals surface area contributed by atoms with E-state index in [0.717, 1.165) is 0 Å². The van der Waals surface area contributed by atoms with Crippen LogP contribution < -0.4 is 20.1 Å². The Hall–Kier alpha value is -2.78. The van der Waals surface area contributed by atoms with Crippen LogP contribution in [0, 0.1) is 0 Å². The highest BCUT2D eigenvalue weighted by Gasteiger charge is 2.25. The van der Waals surface area contributed by atoms with Gasteiger partial charge in [-0.25, -0.2) is 8.42 Å². The molecule has 1 aliphatic heterocycles. The summed E-state index contributed by atoms with van der Waals surface area (Å²) in [6, 6.07) is 9.34. The van der Waals surface area contributed by atoms with Crippen LogP contribution >= 0.6 is 11.6 Å². The van der Waals surface area contributed by atoms with E-state index in [-0.39, 0.29) is 34.6 Å². The molecule has 2 amide bonds. The summed E-state index contributed by atoms with van der Waals surface area (Å²) in [7, 11) is -3.84. The molecule has 0 aromatic heterocycles. The van der Waals surface area contributed by atoms with Gasteiger partial charge in [0.15, 0.2) is 16.4 Å². The third-order valence-electron chi connectivity index (χ3n) is 4.05. The minimum atomic E-state index is -3.84. The van der Waals surface area contributed by atoms with E-state index < -0.39 is 21.5 Å². The average Bonchev–Trinajstić information content (AvgIpc) is 2.67. The molecule has 8 nitrogen and oxygen atoms in total. The molecule has 0 bridgehead atoms. The van der Waals surface area contributed by atoms with E-state index in [9.17, 15) is 18.0 Å². The number of fused-ring (bicyclic) bond motifs is 1. The predicted molar refractivity (Wildman–Crippen MR) is 108 cm³/mol. The van der Waals surface area contributed by atoms with Crippen molar-refractivity contribution >= 4 is 44.6 Å². The van der Waals surface area contributed by atoms with E-state index in [4.69, 9.17) is 21.1 Å². The van der Waals surface area contributed by atoms with Crippen molar-refractivity contribution in [2.75, 3.05) is 29.6 Å². The molecule has 1 aliphatic rings. The van der Waals surface area contributed by atoms with Gasteiger partial charge in [0.25, 0.3) is 5.91 Å². The van der Waals surface area contributed by atoms with Crippen molar-refractivity contribution in [1.29, 1.82) is 0 Å². The molecule has 3 rings (SSSR count). The fraction of sp³-hybridized carbons (Fsp3) is 0.263. The quantitative estimate of drug-likeness (QED) is 0.687. The molecule has 0 fully saturated rings. The van der Waals surface area contributed by atoms with Crippen molar-refractivity contribution < 1.29 is 27.5 Å². The van der Waals surface area contributed by atoms with Gasteiger partial charge in [-0.1, -0.05) is 11.6 Å². The van der Waals surface area contributed by atoms with Gasteiger partial charge in [-0.2, -0.15) is 0 Å². The lowest BCUT2D eigenvalue weighted by Crippen LogP contribution is -2.25. The molecule has 2 aromatic carbocycles. The number of hydrogen-bond acceptors (Lipinski definition) is 6. The zero-order valence-electron chi connectivity index (χ0n) is 15.5. The van der Waals surface area contributed by atoms with Crippen LogP contribution in [0.5, 0.6) is 11.5 Å². The standard InChI is InChI=1S/C19H19ClN2O6S/c1-2-27-13-5-3-12(4-6-13)21-18(23)7-8-29(25,26)17-10-16-15(9-14(17)20)22-19(24)11-28-16/h3-6,9-10H,2,7-8,11H2,1H3,(H,21,23)(H,22,24). The fourth-order valence-corrected chi connectivity index (χ4v) is 4.51. The first-order chi connectivity index (χ1) is 13.8. The van der Waals surface area contributed by atoms with E-state index in [1.807, 2.05) is 6.92 Å². The first kappa shape index (κ1) is 20.9. The number of rotatable bonds is 7. The monoisotopic (exact) mass is 438 g/mol. The molecule has 154 valence electrons. The molecule has 29 heavy (non-hydrogen) atoms. The van der Waals surface area contributed by atoms with Gasteiger partial charge < -0.3 is 20.1 Å². The Morgan fingerprint density at radius 2 is 2.00 bits per heavy atom. The normalized spacial score (nSPS) is 13.1. The number of amides is 2. The first-order valence-corrected chi connectivity index (χ1v) is 10.8. The molecular weight excluding hydrogens is 420 g/mol. The summed E-state index contributed by atoms with van der Waals surface area (Å²) in [5, 5.41) is 5.14. The van der Waals surface area contributed by atoms with Gasteiger partial charge in [0.1, 0.15) is 11.5 Å². The number of ether oxygens (including phenoxy) is 2. The van der Waals surface area contributed by atoms with Crippen molar-refractivity contribution in [3.05, 3.63) is 41.4 Å². The maximum Gasteiger partial charge on any atom is 0.262 e. The van der Waals surface area contributed by atoms with E-state index in [2.05, 4.69) is 10.6 Å². The smallest absolute Gasteiger partial charge is 0.262 e. The number of sulfone groups is 1. The molecule has 0 unspecified atom stereocenters. The van der Waals surface area contributed by atoms with Crippen molar-refractivity contribution in [3.8, 4) is 11.5 Å². The Kier molecular flexibility index (Phi) is 6.29. The Bertz CT molecular complexity index is 1040. The second-order valence-electron chi connectivity index (χ2n) is 6.19. The van der Waals surface area contributed by atoms with Crippen LogP contribution in [-0.4, -0.2) is 39.2 Å². The summed E-state index contributed by atoms with van der Waals surface area (Å²) in [5.41, 5.74) is 0.838. The minimum absolute atomic E-state index is 0.0542. The average molecular weight is 439 g/mol. The largest absolute Gasteiger partial charge is 0.494 e. The van der Waals surface area contributed by atoms with Crippen LogP contribution in [0.15, 0.2) is 41.3 Å². The van der Waals surface area contributed by atoms with Gasteiger partial charge in [-0.15, -0.1) is 0 Å². The summed E-state index contributed by atoms with van der Waals surface area (Å²) < 4.78 is 35.9. The predicted octanol–water partition coefficient (Wildman–Crippen LogP) is 2.87. The molecule has 0 saturated heterocycles. The SMILES string of the molecule is CCOc1ccc(NC(=O)CCS(=O)(=O)c2cc3c(cc2Cl)NC(=O)CO3)cc1. The molecule has 0 atom stereocenters. The molecule has 0 radical (unpaired) electrons. The Morgan fingerprint density at radius 1 is 1.28 bits per heavy atom. The number of hydrogen-bond donors (Lipinski definition) is 2. The summed E-state index contributed by atoms with van der Waals surface area (Å²) in [5.74, 6) is -0.341. The van der Waals surface area contributed by atoms with Crippen molar-refractivity contribution in [2.24, 2.45) is 0 Å².